The molecule has 2 N–H and O–H groups in total. The highest BCUT2D eigenvalue weighted by Crippen LogP contribution is 2.05. The number of amides is 2. The summed E-state index contributed by atoms with van der Waals surface area (Å²) >= 11 is 0. The summed E-state index contributed by atoms with van der Waals surface area (Å²) in [6, 6.07) is 9.16. The molecule has 1 aromatic carbocycles. The molecule has 0 aliphatic rings. The van der Waals surface area contributed by atoms with Crippen LogP contribution in [0.15, 0.2) is 30.3 Å². The van der Waals surface area contributed by atoms with Gasteiger partial charge >= 0.3 is 6.09 Å². The van der Waals surface area contributed by atoms with E-state index in [4.69, 9.17) is 4.74 Å². The number of anilines is 1. The van der Waals surface area contributed by atoms with Crippen molar-refractivity contribution in [2.75, 3.05) is 18.5 Å². The molecule has 0 unspecified atom stereocenters. The van der Waals surface area contributed by atoms with Gasteiger partial charge in [-0.3, -0.25) is 4.79 Å². The largest absolute Gasteiger partial charge is 0.449 e. The lowest BCUT2D eigenvalue weighted by Gasteiger charge is -2.07. The van der Waals surface area contributed by atoms with E-state index >= 15 is 0 Å². The van der Waals surface area contributed by atoms with Gasteiger partial charge in [-0.05, 0) is 18.6 Å². The lowest BCUT2D eigenvalue weighted by Crippen LogP contribution is -2.26. The molecule has 0 fully saturated rings. The second kappa shape index (κ2) is 8.97. The Balaban J connectivity index is 2.12. The van der Waals surface area contributed by atoms with E-state index in [1.165, 1.54) is 0 Å². The van der Waals surface area contributed by atoms with Crippen LogP contribution < -0.4 is 10.6 Å². The van der Waals surface area contributed by atoms with Crippen molar-refractivity contribution in [2.45, 2.75) is 26.2 Å². The van der Waals surface area contributed by atoms with Gasteiger partial charge in [0.1, 0.15) is 6.61 Å². The van der Waals surface area contributed by atoms with E-state index in [1.54, 1.807) is 12.1 Å². The highest BCUT2D eigenvalue weighted by atomic mass is 16.5. The molecular weight excluding hydrogens is 244 g/mol. The third-order valence-corrected chi connectivity index (χ3v) is 2.42. The summed E-state index contributed by atoms with van der Waals surface area (Å²) in [6.45, 7) is 2.73. The predicted octanol–water partition coefficient (Wildman–Crippen LogP) is 2.54. The molecule has 5 heteroatoms. The smallest absolute Gasteiger partial charge is 0.407 e. The molecule has 0 aromatic heterocycles. The van der Waals surface area contributed by atoms with Crippen LogP contribution in [-0.2, 0) is 9.53 Å². The number of unbranched alkanes of at least 4 members (excludes halogenated alkanes) is 1. The van der Waals surface area contributed by atoms with Crippen LogP contribution in [-0.4, -0.2) is 25.2 Å². The summed E-state index contributed by atoms with van der Waals surface area (Å²) in [5.41, 5.74) is 0.736. The van der Waals surface area contributed by atoms with Crippen LogP contribution in [0, 0.1) is 0 Å². The van der Waals surface area contributed by atoms with E-state index in [-0.39, 0.29) is 18.9 Å². The van der Waals surface area contributed by atoms with Gasteiger partial charge in [-0.25, -0.2) is 4.79 Å². The number of ether oxygens (including phenoxy) is 1. The standard InChI is InChI=1S/C14H20N2O3/c1-2-3-10-15-14(18)19-11-9-13(17)16-12-7-5-4-6-8-12/h4-8H,2-3,9-11H2,1H3,(H,15,18)(H,16,17). The number of carbonyl (C=O) groups excluding carboxylic acids is 2. The minimum atomic E-state index is -0.471. The molecule has 0 saturated carbocycles. The van der Waals surface area contributed by atoms with E-state index in [1.807, 2.05) is 25.1 Å². The molecule has 0 atom stereocenters. The van der Waals surface area contributed by atoms with Crippen molar-refractivity contribution in [3.63, 3.8) is 0 Å². The van der Waals surface area contributed by atoms with Crippen LogP contribution in [0.5, 0.6) is 0 Å². The number of alkyl carbamates (subject to hydrolysis) is 1. The molecule has 0 aliphatic carbocycles. The number of rotatable bonds is 7. The van der Waals surface area contributed by atoms with E-state index < -0.39 is 6.09 Å². The fourth-order valence-corrected chi connectivity index (χ4v) is 1.40. The van der Waals surface area contributed by atoms with Gasteiger partial charge in [0, 0.05) is 12.2 Å². The minimum Gasteiger partial charge on any atom is -0.449 e. The number of hydrogen-bond acceptors (Lipinski definition) is 3. The molecule has 0 spiro atoms. The maximum absolute atomic E-state index is 11.5. The van der Waals surface area contributed by atoms with Crippen molar-refractivity contribution in [3.05, 3.63) is 30.3 Å². The van der Waals surface area contributed by atoms with Gasteiger partial charge in [0.15, 0.2) is 0 Å². The molecule has 0 radical (unpaired) electrons. The molecule has 1 aromatic rings. The highest BCUT2D eigenvalue weighted by molar-refractivity contribution is 5.90. The van der Waals surface area contributed by atoms with Gasteiger partial charge in [-0.15, -0.1) is 0 Å². The van der Waals surface area contributed by atoms with Crippen LogP contribution in [0.1, 0.15) is 26.2 Å². The summed E-state index contributed by atoms with van der Waals surface area (Å²) in [5.74, 6) is -0.174. The van der Waals surface area contributed by atoms with Gasteiger partial charge in [0.25, 0.3) is 0 Å². The average molecular weight is 264 g/mol. The molecule has 0 heterocycles. The van der Waals surface area contributed by atoms with Crippen LogP contribution in [0.4, 0.5) is 10.5 Å². The average Bonchev–Trinajstić information content (AvgIpc) is 2.40. The molecule has 0 bridgehead atoms. The lowest BCUT2D eigenvalue weighted by molar-refractivity contribution is -0.116. The normalized spacial score (nSPS) is 9.74. The summed E-state index contributed by atoms with van der Waals surface area (Å²) < 4.78 is 4.89. The van der Waals surface area contributed by atoms with Crippen molar-refractivity contribution in [2.24, 2.45) is 0 Å². The van der Waals surface area contributed by atoms with Gasteiger partial charge in [-0.1, -0.05) is 31.5 Å². The Bertz CT molecular complexity index is 393. The third kappa shape index (κ3) is 7.08. The van der Waals surface area contributed by atoms with Crippen molar-refractivity contribution >= 4 is 17.7 Å². The first kappa shape index (κ1) is 15.0. The monoisotopic (exact) mass is 264 g/mol. The topological polar surface area (TPSA) is 67.4 Å². The lowest BCUT2D eigenvalue weighted by atomic mass is 10.3. The van der Waals surface area contributed by atoms with E-state index in [2.05, 4.69) is 10.6 Å². The molecule has 104 valence electrons. The van der Waals surface area contributed by atoms with Gasteiger partial charge < -0.3 is 15.4 Å². The zero-order valence-electron chi connectivity index (χ0n) is 11.1. The Labute approximate surface area is 113 Å². The van der Waals surface area contributed by atoms with Crippen LogP contribution in [0.25, 0.3) is 0 Å². The Morgan fingerprint density at radius 1 is 1.21 bits per heavy atom. The Kier molecular flexibility index (Phi) is 7.09. The van der Waals surface area contributed by atoms with E-state index in [0.29, 0.717) is 6.54 Å². The highest BCUT2D eigenvalue weighted by Gasteiger charge is 2.05. The fourth-order valence-electron chi connectivity index (χ4n) is 1.40. The number of benzene rings is 1. The maximum atomic E-state index is 11.5. The van der Waals surface area contributed by atoms with Crippen LogP contribution >= 0.6 is 0 Å². The number of nitrogens with one attached hydrogen (secondary N) is 2. The van der Waals surface area contributed by atoms with E-state index in [0.717, 1.165) is 18.5 Å². The number of para-hydroxylation sites is 1. The van der Waals surface area contributed by atoms with Crippen LogP contribution in [0.3, 0.4) is 0 Å². The number of hydrogen-bond donors (Lipinski definition) is 2. The Morgan fingerprint density at radius 2 is 1.95 bits per heavy atom. The first-order chi connectivity index (χ1) is 9.22. The third-order valence-electron chi connectivity index (χ3n) is 2.42. The SMILES string of the molecule is CCCCNC(=O)OCCC(=O)Nc1ccccc1. The fraction of sp³-hybridized carbons (Fsp3) is 0.429. The summed E-state index contributed by atoms with van der Waals surface area (Å²) in [6.07, 6.45) is 1.61. The molecule has 19 heavy (non-hydrogen) atoms. The van der Waals surface area contributed by atoms with Gasteiger partial charge in [-0.2, -0.15) is 0 Å². The zero-order chi connectivity index (χ0) is 13.9. The molecule has 0 saturated heterocycles. The maximum Gasteiger partial charge on any atom is 0.407 e. The first-order valence-corrected chi connectivity index (χ1v) is 6.48. The summed E-state index contributed by atoms with van der Waals surface area (Å²) in [7, 11) is 0. The molecule has 1 rings (SSSR count). The van der Waals surface area contributed by atoms with Crippen molar-refractivity contribution in [3.8, 4) is 0 Å². The summed E-state index contributed by atoms with van der Waals surface area (Å²) in [4.78, 5) is 22.7. The quantitative estimate of drug-likeness (QED) is 0.744. The molecular formula is C14H20N2O3. The van der Waals surface area contributed by atoms with Crippen molar-refractivity contribution in [1.29, 1.82) is 0 Å². The Hall–Kier alpha value is -2.04. The van der Waals surface area contributed by atoms with Crippen LogP contribution in [0.2, 0.25) is 0 Å². The van der Waals surface area contributed by atoms with Crippen molar-refractivity contribution in [1.82, 2.24) is 5.32 Å². The van der Waals surface area contributed by atoms with Crippen molar-refractivity contribution < 1.29 is 14.3 Å². The molecule has 5 nitrogen and oxygen atoms in total. The predicted molar refractivity (Wildman–Crippen MR) is 73.9 cm³/mol. The minimum absolute atomic E-state index is 0.0800. The Morgan fingerprint density at radius 3 is 2.63 bits per heavy atom. The summed E-state index contributed by atoms with van der Waals surface area (Å²) in [5, 5.41) is 5.33. The molecule has 0 aliphatic heterocycles. The van der Waals surface area contributed by atoms with Gasteiger partial charge in [0.2, 0.25) is 5.91 Å². The second-order valence-electron chi connectivity index (χ2n) is 4.08. The molecule has 2 amide bonds. The second-order valence-corrected chi connectivity index (χ2v) is 4.08. The zero-order valence-corrected chi connectivity index (χ0v) is 11.1. The first-order valence-electron chi connectivity index (χ1n) is 6.48. The van der Waals surface area contributed by atoms with E-state index in [9.17, 15) is 9.59 Å². The van der Waals surface area contributed by atoms with Gasteiger partial charge in [0.05, 0.1) is 6.42 Å². The number of carbonyl (C=O) groups is 2.